The van der Waals surface area contributed by atoms with Crippen molar-refractivity contribution in [1.29, 1.82) is 0 Å². The van der Waals surface area contributed by atoms with E-state index in [4.69, 9.17) is 21.7 Å². The Bertz CT molecular complexity index is 725. The van der Waals surface area contributed by atoms with Crippen molar-refractivity contribution in [2.75, 3.05) is 32.1 Å². The average molecular weight is 371 g/mol. The number of thiocarbonyl (C=S) groups is 1. The molecule has 1 saturated heterocycles. The zero-order chi connectivity index (χ0) is 18.4. The van der Waals surface area contributed by atoms with Crippen molar-refractivity contribution in [2.24, 2.45) is 0 Å². The number of nitrogens with zero attached hydrogens (tertiary/aromatic N) is 1. The summed E-state index contributed by atoms with van der Waals surface area (Å²) >= 11 is 5.60. The van der Waals surface area contributed by atoms with E-state index in [2.05, 4.69) is 22.3 Å². The highest BCUT2D eigenvalue weighted by Crippen LogP contribution is 2.34. The molecule has 1 fully saturated rings. The predicted octanol–water partition coefficient (Wildman–Crippen LogP) is 4.67. The Balaban J connectivity index is 1.55. The van der Waals surface area contributed by atoms with Crippen molar-refractivity contribution in [3.63, 3.8) is 0 Å². The molecule has 2 aromatic rings. The third kappa shape index (κ3) is 4.47. The maximum atomic E-state index is 5.60. The van der Waals surface area contributed by atoms with Crippen LogP contribution in [0.3, 0.4) is 0 Å². The molecule has 0 saturated carbocycles. The van der Waals surface area contributed by atoms with Crippen molar-refractivity contribution in [2.45, 2.75) is 25.7 Å². The number of benzene rings is 2. The van der Waals surface area contributed by atoms with Gasteiger partial charge in [-0.3, -0.25) is 0 Å². The van der Waals surface area contributed by atoms with Crippen LogP contribution in [0.1, 0.15) is 31.2 Å². The number of anilines is 1. The second kappa shape index (κ2) is 8.90. The molecular formula is C21H26N2O2S. The Morgan fingerprint density at radius 2 is 1.81 bits per heavy atom. The second-order valence-electron chi connectivity index (χ2n) is 6.39. The fraction of sp³-hybridized carbons (Fsp3) is 0.381. The number of rotatable bonds is 5. The zero-order valence-corrected chi connectivity index (χ0v) is 16.2. The first kappa shape index (κ1) is 18.5. The van der Waals surface area contributed by atoms with E-state index < -0.39 is 0 Å². The van der Waals surface area contributed by atoms with Gasteiger partial charge in [0.1, 0.15) is 11.5 Å². The SMILES string of the molecule is CCOc1ccc(NC(=S)N2CCC(c3ccccc3OC)CC2)cc1. The van der Waals surface area contributed by atoms with Gasteiger partial charge in [-0.05, 0) is 73.8 Å². The molecule has 0 atom stereocenters. The summed E-state index contributed by atoms with van der Waals surface area (Å²) in [5.74, 6) is 2.39. The fourth-order valence-corrected chi connectivity index (χ4v) is 3.70. The van der Waals surface area contributed by atoms with Gasteiger partial charge in [0.05, 0.1) is 13.7 Å². The van der Waals surface area contributed by atoms with E-state index in [1.54, 1.807) is 7.11 Å². The zero-order valence-electron chi connectivity index (χ0n) is 15.4. The summed E-state index contributed by atoms with van der Waals surface area (Å²) < 4.78 is 11.0. The van der Waals surface area contributed by atoms with Crippen LogP contribution in [-0.4, -0.2) is 36.8 Å². The van der Waals surface area contributed by atoms with Crippen LogP contribution in [0.5, 0.6) is 11.5 Å². The molecule has 0 unspecified atom stereocenters. The van der Waals surface area contributed by atoms with Gasteiger partial charge in [0, 0.05) is 18.8 Å². The number of hydrogen-bond acceptors (Lipinski definition) is 3. The van der Waals surface area contributed by atoms with Crippen LogP contribution in [0.2, 0.25) is 0 Å². The van der Waals surface area contributed by atoms with Gasteiger partial charge >= 0.3 is 0 Å². The van der Waals surface area contributed by atoms with Crippen LogP contribution >= 0.6 is 12.2 Å². The van der Waals surface area contributed by atoms with Gasteiger partial charge in [-0.2, -0.15) is 0 Å². The van der Waals surface area contributed by atoms with E-state index in [1.165, 1.54) is 5.56 Å². The van der Waals surface area contributed by atoms with E-state index in [1.807, 2.05) is 43.3 Å². The molecule has 0 radical (unpaired) electrons. The molecule has 0 aromatic heterocycles. The lowest BCUT2D eigenvalue weighted by Gasteiger charge is -2.34. The Kier molecular flexibility index (Phi) is 6.34. The molecule has 1 aliphatic rings. The normalized spacial score (nSPS) is 14.8. The Morgan fingerprint density at radius 1 is 1.12 bits per heavy atom. The van der Waals surface area contributed by atoms with Gasteiger partial charge in [-0.25, -0.2) is 0 Å². The largest absolute Gasteiger partial charge is 0.496 e. The third-order valence-corrected chi connectivity index (χ3v) is 5.14. The molecule has 26 heavy (non-hydrogen) atoms. The second-order valence-corrected chi connectivity index (χ2v) is 6.78. The third-order valence-electron chi connectivity index (χ3n) is 4.78. The molecule has 5 heteroatoms. The minimum absolute atomic E-state index is 0.524. The summed E-state index contributed by atoms with van der Waals surface area (Å²) in [5.41, 5.74) is 2.30. The van der Waals surface area contributed by atoms with Gasteiger partial charge in [0.15, 0.2) is 5.11 Å². The molecule has 0 amide bonds. The highest BCUT2D eigenvalue weighted by Gasteiger charge is 2.24. The minimum Gasteiger partial charge on any atom is -0.496 e. The molecule has 1 N–H and O–H groups in total. The van der Waals surface area contributed by atoms with Crippen molar-refractivity contribution >= 4 is 23.0 Å². The van der Waals surface area contributed by atoms with Crippen LogP contribution in [0.4, 0.5) is 5.69 Å². The van der Waals surface area contributed by atoms with Gasteiger partial charge in [-0.15, -0.1) is 0 Å². The van der Waals surface area contributed by atoms with Crippen LogP contribution < -0.4 is 14.8 Å². The lowest BCUT2D eigenvalue weighted by Crippen LogP contribution is -2.40. The number of ether oxygens (including phenoxy) is 2. The Morgan fingerprint density at radius 3 is 2.46 bits per heavy atom. The van der Waals surface area contributed by atoms with E-state index >= 15 is 0 Å². The van der Waals surface area contributed by atoms with E-state index in [9.17, 15) is 0 Å². The van der Waals surface area contributed by atoms with Crippen molar-refractivity contribution in [3.05, 3.63) is 54.1 Å². The molecule has 138 valence electrons. The Hall–Kier alpha value is -2.27. The molecule has 2 aromatic carbocycles. The number of hydrogen-bond donors (Lipinski definition) is 1. The van der Waals surface area contributed by atoms with E-state index in [0.29, 0.717) is 12.5 Å². The molecule has 0 aliphatic carbocycles. The van der Waals surface area contributed by atoms with Crippen LogP contribution in [0.15, 0.2) is 48.5 Å². The summed E-state index contributed by atoms with van der Waals surface area (Å²) in [4.78, 5) is 2.25. The molecule has 0 spiro atoms. The molecule has 3 rings (SSSR count). The fourth-order valence-electron chi connectivity index (χ4n) is 3.40. The first-order valence-corrected chi connectivity index (χ1v) is 9.53. The summed E-state index contributed by atoms with van der Waals surface area (Å²) in [7, 11) is 1.74. The lowest BCUT2D eigenvalue weighted by molar-refractivity contribution is 0.310. The molecule has 0 bridgehead atoms. The van der Waals surface area contributed by atoms with Crippen molar-refractivity contribution in [3.8, 4) is 11.5 Å². The first-order chi connectivity index (χ1) is 12.7. The first-order valence-electron chi connectivity index (χ1n) is 9.13. The van der Waals surface area contributed by atoms with Gasteiger partial charge in [0.25, 0.3) is 0 Å². The number of methoxy groups -OCH3 is 1. The standard InChI is InChI=1S/C21H26N2O2S/c1-3-25-18-10-8-17(9-11-18)22-21(26)23-14-12-16(13-15-23)19-6-4-5-7-20(19)24-2/h4-11,16H,3,12-15H2,1-2H3,(H,22,26). The molecule has 4 nitrogen and oxygen atoms in total. The molecule has 1 aliphatic heterocycles. The summed E-state index contributed by atoms with van der Waals surface area (Å²) in [6.07, 6.45) is 2.15. The maximum Gasteiger partial charge on any atom is 0.173 e. The monoisotopic (exact) mass is 370 g/mol. The van der Waals surface area contributed by atoms with Crippen LogP contribution in [-0.2, 0) is 0 Å². The molecule has 1 heterocycles. The van der Waals surface area contributed by atoms with Gasteiger partial charge < -0.3 is 19.7 Å². The quantitative estimate of drug-likeness (QED) is 0.774. The highest BCUT2D eigenvalue weighted by molar-refractivity contribution is 7.80. The number of nitrogens with one attached hydrogen (secondary N) is 1. The van der Waals surface area contributed by atoms with Gasteiger partial charge in [-0.1, -0.05) is 18.2 Å². The van der Waals surface area contributed by atoms with Crippen molar-refractivity contribution < 1.29 is 9.47 Å². The van der Waals surface area contributed by atoms with E-state index in [0.717, 1.165) is 48.2 Å². The average Bonchev–Trinajstić information content (AvgIpc) is 2.70. The summed E-state index contributed by atoms with van der Waals surface area (Å²) in [6, 6.07) is 16.2. The lowest BCUT2D eigenvalue weighted by atomic mass is 9.89. The van der Waals surface area contributed by atoms with Crippen LogP contribution in [0, 0.1) is 0 Å². The summed E-state index contributed by atoms with van der Waals surface area (Å²) in [6.45, 7) is 4.55. The Labute approximate surface area is 161 Å². The number of likely N-dealkylation sites (tertiary alicyclic amines) is 1. The maximum absolute atomic E-state index is 5.60. The highest BCUT2D eigenvalue weighted by atomic mass is 32.1. The van der Waals surface area contributed by atoms with Crippen molar-refractivity contribution in [1.82, 2.24) is 4.90 Å². The smallest absolute Gasteiger partial charge is 0.173 e. The predicted molar refractivity (Wildman–Crippen MR) is 110 cm³/mol. The molecular weight excluding hydrogens is 344 g/mol. The van der Waals surface area contributed by atoms with Gasteiger partial charge in [0.2, 0.25) is 0 Å². The number of para-hydroxylation sites is 1. The van der Waals surface area contributed by atoms with Crippen LogP contribution in [0.25, 0.3) is 0 Å². The summed E-state index contributed by atoms with van der Waals surface area (Å²) in [5, 5.41) is 4.12. The number of piperidine rings is 1. The topological polar surface area (TPSA) is 33.7 Å². The minimum atomic E-state index is 0.524. The van der Waals surface area contributed by atoms with E-state index in [-0.39, 0.29) is 0 Å².